The highest BCUT2D eigenvalue weighted by Gasteiger charge is 2.08. The Bertz CT molecular complexity index is 378. The zero-order valence-electron chi connectivity index (χ0n) is 8.53. The van der Waals surface area contributed by atoms with Crippen LogP contribution >= 0.6 is 15.9 Å². The van der Waals surface area contributed by atoms with Crippen molar-refractivity contribution in [3.8, 4) is 5.75 Å². The fourth-order valence-electron chi connectivity index (χ4n) is 1.10. The number of halogens is 3. The molecule has 0 radical (unpaired) electrons. The number of rotatable bonds is 4. The molecule has 0 fully saturated rings. The molecule has 0 aliphatic carbocycles. The standard InChI is InChI=1S/C11H11BrF2O2/c1-7(15)2-3-8-6-9(12)4-5-10(8)16-11(13)14/h2-7,11,15H,1H3/b3-2+. The second-order valence-corrected chi connectivity index (χ2v) is 4.08. The summed E-state index contributed by atoms with van der Waals surface area (Å²) in [6.07, 6.45) is 2.38. The van der Waals surface area contributed by atoms with Crippen molar-refractivity contribution in [3.05, 3.63) is 34.3 Å². The normalized spacial score (nSPS) is 13.4. The van der Waals surface area contributed by atoms with Crippen LogP contribution in [0.15, 0.2) is 28.7 Å². The van der Waals surface area contributed by atoms with Crippen LogP contribution in [-0.4, -0.2) is 17.8 Å². The summed E-state index contributed by atoms with van der Waals surface area (Å²) in [5.74, 6) is 0.0788. The summed E-state index contributed by atoms with van der Waals surface area (Å²) in [6.45, 7) is -1.29. The van der Waals surface area contributed by atoms with E-state index < -0.39 is 12.7 Å². The van der Waals surface area contributed by atoms with E-state index in [4.69, 9.17) is 5.11 Å². The third-order valence-corrected chi connectivity index (χ3v) is 2.24. The first-order chi connectivity index (χ1) is 7.49. The van der Waals surface area contributed by atoms with E-state index in [-0.39, 0.29) is 5.75 Å². The van der Waals surface area contributed by atoms with E-state index in [2.05, 4.69) is 20.7 Å². The minimum Gasteiger partial charge on any atom is -0.434 e. The van der Waals surface area contributed by atoms with Crippen LogP contribution in [0, 0.1) is 0 Å². The zero-order valence-corrected chi connectivity index (χ0v) is 10.1. The maximum Gasteiger partial charge on any atom is 0.387 e. The average Bonchev–Trinajstić information content (AvgIpc) is 2.17. The van der Waals surface area contributed by atoms with Crippen molar-refractivity contribution in [2.24, 2.45) is 0 Å². The Morgan fingerprint density at radius 1 is 1.44 bits per heavy atom. The highest BCUT2D eigenvalue weighted by atomic mass is 79.9. The Kier molecular flexibility index (Phi) is 4.89. The van der Waals surface area contributed by atoms with Gasteiger partial charge in [-0.3, -0.25) is 0 Å². The summed E-state index contributed by atoms with van der Waals surface area (Å²) in [5, 5.41) is 9.07. The summed E-state index contributed by atoms with van der Waals surface area (Å²) in [4.78, 5) is 0. The molecule has 0 aromatic heterocycles. The van der Waals surface area contributed by atoms with Crippen molar-refractivity contribution in [1.82, 2.24) is 0 Å². The predicted octanol–water partition coefficient (Wildman–Crippen LogP) is 3.44. The van der Waals surface area contributed by atoms with E-state index in [0.717, 1.165) is 4.47 Å². The van der Waals surface area contributed by atoms with Crippen LogP contribution in [0.2, 0.25) is 0 Å². The van der Waals surface area contributed by atoms with Gasteiger partial charge in [0.1, 0.15) is 5.75 Å². The summed E-state index contributed by atoms with van der Waals surface area (Å²) in [7, 11) is 0. The number of aliphatic hydroxyl groups excluding tert-OH is 1. The number of ether oxygens (including phenoxy) is 1. The Morgan fingerprint density at radius 3 is 2.69 bits per heavy atom. The maximum absolute atomic E-state index is 12.1. The monoisotopic (exact) mass is 292 g/mol. The molecule has 0 aliphatic heterocycles. The SMILES string of the molecule is CC(O)/C=C/c1cc(Br)ccc1OC(F)F. The Balaban J connectivity index is 2.98. The van der Waals surface area contributed by atoms with Gasteiger partial charge in [0.2, 0.25) is 0 Å². The van der Waals surface area contributed by atoms with Crippen LogP contribution in [0.5, 0.6) is 5.75 Å². The number of aliphatic hydroxyl groups is 1. The summed E-state index contributed by atoms with van der Waals surface area (Å²) < 4.78 is 29.3. The molecule has 1 atom stereocenters. The molecule has 5 heteroatoms. The van der Waals surface area contributed by atoms with Gasteiger partial charge in [-0.15, -0.1) is 0 Å². The summed E-state index contributed by atoms with van der Waals surface area (Å²) in [5.41, 5.74) is 0.482. The first-order valence-electron chi connectivity index (χ1n) is 4.59. The van der Waals surface area contributed by atoms with Gasteiger partial charge in [-0.2, -0.15) is 8.78 Å². The van der Waals surface area contributed by atoms with Gasteiger partial charge >= 0.3 is 6.61 Å². The summed E-state index contributed by atoms with van der Waals surface area (Å²) >= 11 is 3.23. The molecule has 0 spiro atoms. The van der Waals surface area contributed by atoms with Crippen molar-refractivity contribution >= 4 is 22.0 Å². The molecular formula is C11H11BrF2O2. The van der Waals surface area contributed by atoms with Gasteiger partial charge < -0.3 is 9.84 Å². The molecule has 1 aromatic carbocycles. The number of hydrogen-bond donors (Lipinski definition) is 1. The smallest absolute Gasteiger partial charge is 0.387 e. The van der Waals surface area contributed by atoms with Gasteiger partial charge in [0.15, 0.2) is 0 Å². The number of hydrogen-bond acceptors (Lipinski definition) is 2. The van der Waals surface area contributed by atoms with Gasteiger partial charge in [-0.25, -0.2) is 0 Å². The molecule has 0 aliphatic rings. The fraction of sp³-hybridized carbons (Fsp3) is 0.273. The largest absolute Gasteiger partial charge is 0.434 e. The molecule has 88 valence electrons. The molecule has 0 heterocycles. The van der Waals surface area contributed by atoms with E-state index in [1.54, 1.807) is 19.1 Å². The minimum absolute atomic E-state index is 0.0788. The first-order valence-corrected chi connectivity index (χ1v) is 5.39. The molecule has 0 bridgehead atoms. The van der Waals surface area contributed by atoms with Gasteiger partial charge in [-0.1, -0.05) is 28.1 Å². The lowest BCUT2D eigenvalue weighted by Crippen LogP contribution is -2.03. The van der Waals surface area contributed by atoms with E-state index in [1.807, 2.05) is 0 Å². The lowest BCUT2D eigenvalue weighted by molar-refractivity contribution is -0.0499. The Morgan fingerprint density at radius 2 is 2.12 bits per heavy atom. The third kappa shape index (κ3) is 4.28. The van der Waals surface area contributed by atoms with Crippen LogP contribution in [0.3, 0.4) is 0 Å². The molecule has 1 rings (SSSR count). The molecular weight excluding hydrogens is 282 g/mol. The zero-order chi connectivity index (χ0) is 12.1. The van der Waals surface area contributed by atoms with Crippen molar-refractivity contribution in [2.75, 3.05) is 0 Å². The highest BCUT2D eigenvalue weighted by molar-refractivity contribution is 9.10. The van der Waals surface area contributed by atoms with Gasteiger partial charge in [0.05, 0.1) is 6.10 Å². The molecule has 2 nitrogen and oxygen atoms in total. The van der Waals surface area contributed by atoms with Crippen molar-refractivity contribution < 1.29 is 18.6 Å². The lowest BCUT2D eigenvalue weighted by Gasteiger charge is -2.08. The number of benzene rings is 1. The molecule has 1 aromatic rings. The van der Waals surface area contributed by atoms with E-state index in [9.17, 15) is 8.78 Å². The van der Waals surface area contributed by atoms with Crippen LogP contribution in [-0.2, 0) is 0 Å². The minimum atomic E-state index is -2.86. The van der Waals surface area contributed by atoms with Crippen molar-refractivity contribution in [2.45, 2.75) is 19.6 Å². The number of alkyl halides is 2. The lowest BCUT2D eigenvalue weighted by atomic mass is 10.1. The van der Waals surface area contributed by atoms with E-state index in [0.29, 0.717) is 5.56 Å². The average molecular weight is 293 g/mol. The molecule has 16 heavy (non-hydrogen) atoms. The maximum atomic E-state index is 12.1. The summed E-state index contributed by atoms with van der Waals surface area (Å²) in [6, 6.07) is 4.69. The van der Waals surface area contributed by atoms with Gasteiger partial charge in [0, 0.05) is 10.0 Å². The Labute approximate surface area is 101 Å². The quantitative estimate of drug-likeness (QED) is 0.921. The molecule has 0 amide bonds. The molecule has 0 saturated heterocycles. The van der Waals surface area contributed by atoms with Crippen molar-refractivity contribution in [1.29, 1.82) is 0 Å². The molecule has 1 N–H and O–H groups in total. The predicted molar refractivity (Wildman–Crippen MR) is 61.5 cm³/mol. The van der Waals surface area contributed by atoms with Gasteiger partial charge in [-0.05, 0) is 25.1 Å². The van der Waals surface area contributed by atoms with Crippen LogP contribution < -0.4 is 4.74 Å². The highest BCUT2D eigenvalue weighted by Crippen LogP contribution is 2.26. The van der Waals surface area contributed by atoms with Gasteiger partial charge in [0.25, 0.3) is 0 Å². The third-order valence-electron chi connectivity index (χ3n) is 1.74. The van der Waals surface area contributed by atoms with Crippen molar-refractivity contribution in [3.63, 3.8) is 0 Å². The Hall–Kier alpha value is -0.940. The second kappa shape index (κ2) is 5.96. The van der Waals surface area contributed by atoms with Crippen LogP contribution in [0.25, 0.3) is 6.08 Å². The fourth-order valence-corrected chi connectivity index (χ4v) is 1.47. The van der Waals surface area contributed by atoms with Crippen LogP contribution in [0.1, 0.15) is 12.5 Å². The van der Waals surface area contributed by atoms with Crippen LogP contribution in [0.4, 0.5) is 8.78 Å². The second-order valence-electron chi connectivity index (χ2n) is 3.16. The molecule has 0 saturated carbocycles. The van der Waals surface area contributed by atoms with E-state index >= 15 is 0 Å². The van der Waals surface area contributed by atoms with E-state index in [1.165, 1.54) is 18.2 Å². The topological polar surface area (TPSA) is 29.5 Å². The molecule has 1 unspecified atom stereocenters. The first kappa shape index (κ1) is 13.1.